The van der Waals surface area contributed by atoms with Gasteiger partial charge in [0.2, 0.25) is 11.8 Å². The summed E-state index contributed by atoms with van der Waals surface area (Å²) in [6, 6.07) is 0.0628. The van der Waals surface area contributed by atoms with Gasteiger partial charge in [-0.05, 0) is 51.6 Å². The number of nitrogens with zero attached hydrogens (tertiary/aromatic N) is 1. The molecule has 0 radical (unpaired) electrons. The van der Waals surface area contributed by atoms with Crippen LogP contribution in [-0.2, 0) is 9.59 Å². The van der Waals surface area contributed by atoms with Gasteiger partial charge in [0.05, 0.1) is 5.41 Å². The van der Waals surface area contributed by atoms with Crippen molar-refractivity contribution in [1.82, 2.24) is 10.2 Å². The Morgan fingerprint density at radius 3 is 2.63 bits per heavy atom. The lowest BCUT2D eigenvalue weighted by atomic mass is 9.84. The normalized spacial score (nSPS) is 32.3. The summed E-state index contributed by atoms with van der Waals surface area (Å²) in [6.07, 6.45) is 6.79. The fourth-order valence-electron chi connectivity index (χ4n) is 4.17. The van der Waals surface area contributed by atoms with Gasteiger partial charge in [0.15, 0.2) is 0 Å². The number of nitrogens with one attached hydrogen (secondary N) is 1. The van der Waals surface area contributed by atoms with Crippen LogP contribution in [0.2, 0.25) is 0 Å². The highest BCUT2D eigenvalue weighted by Crippen LogP contribution is 2.47. The third-order valence-electron chi connectivity index (χ3n) is 5.42. The van der Waals surface area contributed by atoms with Gasteiger partial charge in [0.25, 0.3) is 0 Å². The van der Waals surface area contributed by atoms with Crippen LogP contribution in [0, 0.1) is 11.3 Å². The number of imide groups is 1. The highest BCUT2D eigenvalue weighted by Gasteiger charge is 2.54. The molecule has 0 aromatic rings. The van der Waals surface area contributed by atoms with Gasteiger partial charge in [-0.1, -0.05) is 12.8 Å². The predicted octanol–water partition coefficient (Wildman–Crippen LogP) is 1.69. The van der Waals surface area contributed by atoms with E-state index in [0.717, 1.165) is 51.6 Å². The number of likely N-dealkylation sites (tertiary alicyclic amines) is 1. The standard InChI is InChI=1S/C15H24N2O2/c1-11(12-5-4-8-16-10-12)17-13(18)9-15(14(17)19)6-2-3-7-15/h11-12,16H,2-10H2,1H3. The fraction of sp³-hybridized carbons (Fsp3) is 0.867. The molecule has 2 unspecified atom stereocenters. The van der Waals surface area contributed by atoms with Crippen LogP contribution in [0.4, 0.5) is 0 Å². The molecule has 0 aromatic carbocycles. The predicted molar refractivity (Wildman–Crippen MR) is 72.4 cm³/mol. The molecule has 1 spiro atoms. The number of amides is 2. The molecule has 3 aliphatic rings. The Labute approximate surface area is 114 Å². The Morgan fingerprint density at radius 2 is 2.00 bits per heavy atom. The van der Waals surface area contributed by atoms with Gasteiger partial charge in [-0.15, -0.1) is 0 Å². The number of carbonyl (C=O) groups is 2. The maximum Gasteiger partial charge on any atom is 0.236 e. The molecule has 4 nitrogen and oxygen atoms in total. The highest BCUT2D eigenvalue weighted by atomic mass is 16.2. The largest absolute Gasteiger partial charge is 0.316 e. The molecular formula is C15H24N2O2. The summed E-state index contributed by atoms with van der Waals surface area (Å²) in [6.45, 7) is 4.06. The summed E-state index contributed by atoms with van der Waals surface area (Å²) >= 11 is 0. The molecule has 2 saturated heterocycles. The van der Waals surface area contributed by atoms with Crippen molar-refractivity contribution < 1.29 is 9.59 Å². The van der Waals surface area contributed by atoms with Gasteiger partial charge in [-0.2, -0.15) is 0 Å². The summed E-state index contributed by atoms with van der Waals surface area (Å²) < 4.78 is 0. The minimum absolute atomic E-state index is 0.0628. The average Bonchev–Trinajstić information content (AvgIpc) is 2.97. The first-order valence-corrected chi connectivity index (χ1v) is 7.71. The number of hydrogen-bond donors (Lipinski definition) is 1. The van der Waals surface area contributed by atoms with Crippen LogP contribution in [0.1, 0.15) is 51.9 Å². The van der Waals surface area contributed by atoms with Crippen LogP contribution in [0.15, 0.2) is 0 Å². The van der Waals surface area contributed by atoms with E-state index in [2.05, 4.69) is 12.2 Å². The van der Waals surface area contributed by atoms with Crippen molar-refractivity contribution in [3.05, 3.63) is 0 Å². The number of rotatable bonds is 2. The topological polar surface area (TPSA) is 49.4 Å². The Kier molecular flexibility index (Phi) is 3.37. The molecule has 0 bridgehead atoms. The van der Waals surface area contributed by atoms with Crippen LogP contribution in [0.3, 0.4) is 0 Å². The van der Waals surface area contributed by atoms with Crippen LogP contribution in [-0.4, -0.2) is 35.8 Å². The number of hydrogen-bond acceptors (Lipinski definition) is 3. The third kappa shape index (κ3) is 2.10. The first-order chi connectivity index (χ1) is 9.14. The molecule has 106 valence electrons. The van der Waals surface area contributed by atoms with Crippen molar-refractivity contribution in [2.45, 2.75) is 57.9 Å². The van der Waals surface area contributed by atoms with Gasteiger partial charge in [0.1, 0.15) is 0 Å². The second-order valence-corrected chi connectivity index (χ2v) is 6.58. The molecule has 3 fully saturated rings. The molecule has 2 atom stereocenters. The van der Waals surface area contributed by atoms with E-state index >= 15 is 0 Å². The van der Waals surface area contributed by atoms with E-state index < -0.39 is 0 Å². The molecule has 1 N–H and O–H groups in total. The first-order valence-electron chi connectivity index (χ1n) is 7.71. The smallest absolute Gasteiger partial charge is 0.236 e. The van der Waals surface area contributed by atoms with Crippen molar-refractivity contribution in [3.8, 4) is 0 Å². The number of piperidine rings is 1. The molecule has 19 heavy (non-hydrogen) atoms. The lowest BCUT2D eigenvalue weighted by Crippen LogP contribution is -2.48. The maximum atomic E-state index is 12.7. The molecule has 3 rings (SSSR count). The lowest BCUT2D eigenvalue weighted by Gasteiger charge is -2.34. The van der Waals surface area contributed by atoms with Crippen molar-refractivity contribution >= 4 is 11.8 Å². The summed E-state index contributed by atoms with van der Waals surface area (Å²) in [5, 5.41) is 3.38. The maximum absolute atomic E-state index is 12.7. The summed E-state index contributed by atoms with van der Waals surface area (Å²) in [4.78, 5) is 26.6. The van der Waals surface area contributed by atoms with E-state index in [1.165, 1.54) is 0 Å². The highest BCUT2D eigenvalue weighted by molar-refractivity contribution is 6.06. The molecule has 2 amide bonds. The van der Waals surface area contributed by atoms with E-state index in [-0.39, 0.29) is 23.3 Å². The Bertz CT molecular complexity index is 382. The molecule has 0 aromatic heterocycles. The molecule has 1 aliphatic carbocycles. The second kappa shape index (κ2) is 4.89. The quantitative estimate of drug-likeness (QED) is 0.772. The van der Waals surface area contributed by atoms with Gasteiger partial charge in [-0.3, -0.25) is 14.5 Å². The fourth-order valence-corrected chi connectivity index (χ4v) is 4.17. The zero-order valence-electron chi connectivity index (χ0n) is 11.8. The Hall–Kier alpha value is -0.900. The number of carbonyl (C=O) groups excluding carboxylic acids is 2. The van der Waals surface area contributed by atoms with Gasteiger partial charge < -0.3 is 5.32 Å². The minimum Gasteiger partial charge on any atom is -0.316 e. The van der Waals surface area contributed by atoms with Crippen LogP contribution in [0.25, 0.3) is 0 Å². The van der Waals surface area contributed by atoms with Gasteiger partial charge in [0, 0.05) is 12.5 Å². The average molecular weight is 264 g/mol. The second-order valence-electron chi connectivity index (χ2n) is 6.58. The van der Waals surface area contributed by atoms with Crippen LogP contribution >= 0.6 is 0 Å². The van der Waals surface area contributed by atoms with E-state index in [9.17, 15) is 9.59 Å². The van der Waals surface area contributed by atoms with E-state index in [1.54, 1.807) is 4.90 Å². The summed E-state index contributed by atoms with van der Waals surface area (Å²) in [5.41, 5.74) is -0.312. The SMILES string of the molecule is CC(C1CCCNC1)N1C(=O)CC2(CCCC2)C1=O. The van der Waals surface area contributed by atoms with Gasteiger partial charge in [-0.25, -0.2) is 0 Å². The lowest BCUT2D eigenvalue weighted by molar-refractivity contribution is -0.145. The monoisotopic (exact) mass is 264 g/mol. The minimum atomic E-state index is -0.312. The van der Waals surface area contributed by atoms with Crippen molar-refractivity contribution in [3.63, 3.8) is 0 Å². The van der Waals surface area contributed by atoms with Crippen molar-refractivity contribution in [2.24, 2.45) is 11.3 Å². The van der Waals surface area contributed by atoms with Gasteiger partial charge >= 0.3 is 0 Å². The van der Waals surface area contributed by atoms with Crippen molar-refractivity contribution in [2.75, 3.05) is 13.1 Å². The van der Waals surface area contributed by atoms with E-state index in [1.807, 2.05) is 0 Å². The van der Waals surface area contributed by atoms with Crippen LogP contribution < -0.4 is 5.32 Å². The molecule has 2 aliphatic heterocycles. The van der Waals surface area contributed by atoms with Crippen LogP contribution in [0.5, 0.6) is 0 Å². The molecule has 4 heteroatoms. The molecule has 1 saturated carbocycles. The first kappa shape index (κ1) is 13.1. The molecule has 2 heterocycles. The van der Waals surface area contributed by atoms with Crippen molar-refractivity contribution in [1.29, 1.82) is 0 Å². The zero-order valence-corrected chi connectivity index (χ0v) is 11.8. The van der Waals surface area contributed by atoms with E-state index in [0.29, 0.717) is 12.3 Å². The summed E-state index contributed by atoms with van der Waals surface area (Å²) in [5.74, 6) is 0.635. The molecular weight excluding hydrogens is 240 g/mol. The Morgan fingerprint density at radius 1 is 1.26 bits per heavy atom. The van der Waals surface area contributed by atoms with E-state index in [4.69, 9.17) is 0 Å². The summed E-state index contributed by atoms with van der Waals surface area (Å²) in [7, 11) is 0. The Balaban J connectivity index is 1.76. The third-order valence-corrected chi connectivity index (χ3v) is 5.42. The zero-order chi connectivity index (χ0) is 13.5.